The van der Waals surface area contributed by atoms with Crippen molar-refractivity contribution in [1.29, 1.82) is 0 Å². The van der Waals surface area contributed by atoms with Gasteiger partial charge in [0, 0.05) is 45.5 Å². The average molecular weight is 416 g/mol. The minimum absolute atomic E-state index is 0.426. The highest BCUT2D eigenvalue weighted by Crippen LogP contribution is 2.28. The van der Waals surface area contributed by atoms with Crippen molar-refractivity contribution in [3.63, 3.8) is 0 Å². The number of aromatic nitrogens is 1. The summed E-state index contributed by atoms with van der Waals surface area (Å²) in [4.78, 5) is 10.7. The van der Waals surface area contributed by atoms with E-state index in [0.29, 0.717) is 18.9 Å². The predicted octanol–water partition coefficient (Wildman–Crippen LogP) is 2.18. The number of guanidine groups is 1. The second-order valence-electron chi connectivity index (χ2n) is 6.71. The van der Waals surface area contributed by atoms with Crippen LogP contribution in [0.3, 0.4) is 0 Å². The smallest absolute Gasteiger partial charge is 0.379 e. The van der Waals surface area contributed by atoms with E-state index in [1.54, 1.807) is 0 Å². The summed E-state index contributed by atoms with van der Waals surface area (Å²) in [5.74, 6) is 1.21. The zero-order chi connectivity index (χ0) is 21.0. The number of hydrogen-bond donors (Lipinski definition) is 3. The number of halogens is 3. The first-order valence-corrected chi connectivity index (χ1v) is 10.1. The van der Waals surface area contributed by atoms with E-state index in [4.69, 9.17) is 4.74 Å². The van der Waals surface area contributed by atoms with Crippen molar-refractivity contribution in [3.05, 3.63) is 23.9 Å². The maximum Gasteiger partial charge on any atom is 0.417 e. The largest absolute Gasteiger partial charge is 0.417 e. The fourth-order valence-corrected chi connectivity index (χ4v) is 2.83. The van der Waals surface area contributed by atoms with E-state index in [-0.39, 0.29) is 0 Å². The molecule has 0 aromatic carbocycles. The number of ether oxygens (including phenoxy) is 1. The molecule has 0 amide bonds. The number of morpholine rings is 1. The first kappa shape index (κ1) is 23.2. The zero-order valence-electron chi connectivity index (χ0n) is 16.9. The molecule has 2 heterocycles. The molecule has 1 aliphatic heterocycles. The second kappa shape index (κ2) is 12.5. The number of rotatable bonds is 10. The third-order valence-corrected chi connectivity index (χ3v) is 4.39. The van der Waals surface area contributed by atoms with E-state index in [2.05, 4.69) is 30.8 Å². The molecule has 7 nitrogen and oxygen atoms in total. The van der Waals surface area contributed by atoms with Crippen molar-refractivity contribution in [2.45, 2.75) is 25.9 Å². The molecule has 10 heteroatoms. The number of pyridine rings is 1. The topological polar surface area (TPSA) is 73.8 Å². The van der Waals surface area contributed by atoms with Gasteiger partial charge in [0.05, 0.1) is 18.8 Å². The molecule has 29 heavy (non-hydrogen) atoms. The van der Waals surface area contributed by atoms with Gasteiger partial charge in [-0.2, -0.15) is 13.2 Å². The van der Waals surface area contributed by atoms with E-state index in [9.17, 15) is 13.2 Å². The Morgan fingerprint density at radius 2 is 1.97 bits per heavy atom. The number of hydrogen-bond acceptors (Lipinski definition) is 5. The van der Waals surface area contributed by atoms with E-state index < -0.39 is 11.7 Å². The molecule has 1 aromatic rings. The molecule has 164 valence electrons. The maximum absolute atomic E-state index is 12.5. The first-order valence-electron chi connectivity index (χ1n) is 10.1. The summed E-state index contributed by atoms with van der Waals surface area (Å²) in [6.07, 6.45) is -1.75. The number of nitrogens with zero attached hydrogens (tertiary/aromatic N) is 3. The fourth-order valence-electron chi connectivity index (χ4n) is 2.83. The summed E-state index contributed by atoms with van der Waals surface area (Å²) in [5, 5.41) is 9.56. The van der Waals surface area contributed by atoms with Gasteiger partial charge in [-0.25, -0.2) is 4.98 Å². The summed E-state index contributed by atoms with van der Waals surface area (Å²) in [7, 11) is 0. The first-order chi connectivity index (χ1) is 14.0. The Balaban J connectivity index is 1.62. The van der Waals surface area contributed by atoms with Crippen LogP contribution in [0.1, 0.15) is 25.3 Å². The van der Waals surface area contributed by atoms with Crippen LogP contribution >= 0.6 is 0 Å². The van der Waals surface area contributed by atoms with Gasteiger partial charge in [0.1, 0.15) is 5.82 Å². The molecule has 1 saturated heterocycles. The van der Waals surface area contributed by atoms with Crippen molar-refractivity contribution in [2.24, 2.45) is 4.99 Å². The molecule has 1 fully saturated rings. The van der Waals surface area contributed by atoms with E-state index >= 15 is 0 Å². The Bertz CT molecular complexity index is 603. The van der Waals surface area contributed by atoms with Crippen molar-refractivity contribution in [2.75, 3.05) is 64.3 Å². The summed E-state index contributed by atoms with van der Waals surface area (Å²) in [6.45, 7) is 9.48. The maximum atomic E-state index is 12.5. The Kier molecular flexibility index (Phi) is 9.99. The molecule has 3 N–H and O–H groups in total. The summed E-state index contributed by atoms with van der Waals surface area (Å²) < 4.78 is 42.9. The summed E-state index contributed by atoms with van der Waals surface area (Å²) >= 11 is 0. The minimum Gasteiger partial charge on any atom is -0.379 e. The predicted molar refractivity (Wildman–Crippen MR) is 108 cm³/mol. The highest BCUT2D eigenvalue weighted by molar-refractivity contribution is 5.79. The molecule has 1 aromatic heterocycles. The Labute approximate surface area is 170 Å². The lowest BCUT2D eigenvalue weighted by Crippen LogP contribution is -2.40. The van der Waals surface area contributed by atoms with Gasteiger partial charge in [-0.15, -0.1) is 0 Å². The van der Waals surface area contributed by atoms with E-state index in [1.165, 1.54) is 6.07 Å². The molecule has 2 rings (SSSR count). The zero-order valence-corrected chi connectivity index (χ0v) is 16.9. The normalized spacial score (nSPS) is 15.9. The van der Waals surface area contributed by atoms with Crippen molar-refractivity contribution in [1.82, 2.24) is 20.5 Å². The van der Waals surface area contributed by atoms with Crippen molar-refractivity contribution in [3.8, 4) is 0 Å². The van der Waals surface area contributed by atoms with Crippen LogP contribution in [0.15, 0.2) is 23.3 Å². The standard InChI is InChI=1S/C19H31F3N6O/c1-2-23-18(26-9-4-10-28-11-13-29-14-12-28)25-8-3-7-24-17-6-5-16(15-27-17)19(20,21)22/h5-6,15H,2-4,7-14H2,1H3,(H,24,27)(H2,23,25,26). The van der Waals surface area contributed by atoms with Gasteiger partial charge in [0.2, 0.25) is 0 Å². The Morgan fingerprint density at radius 1 is 1.17 bits per heavy atom. The van der Waals surface area contributed by atoms with Crippen LogP contribution in [0.2, 0.25) is 0 Å². The van der Waals surface area contributed by atoms with Gasteiger partial charge in [0.15, 0.2) is 5.96 Å². The van der Waals surface area contributed by atoms with Crippen LogP contribution in [0, 0.1) is 0 Å². The van der Waals surface area contributed by atoms with Crippen LogP contribution in [-0.2, 0) is 10.9 Å². The van der Waals surface area contributed by atoms with Gasteiger partial charge in [-0.1, -0.05) is 0 Å². The van der Waals surface area contributed by atoms with E-state index in [1.807, 2.05) is 6.92 Å². The molecular weight excluding hydrogens is 385 g/mol. The summed E-state index contributed by atoms with van der Waals surface area (Å²) in [5.41, 5.74) is -0.748. The van der Waals surface area contributed by atoms with Gasteiger partial charge >= 0.3 is 6.18 Å². The average Bonchev–Trinajstić information content (AvgIpc) is 2.71. The van der Waals surface area contributed by atoms with Gasteiger partial charge in [-0.3, -0.25) is 9.89 Å². The highest BCUT2D eigenvalue weighted by atomic mass is 19.4. The molecule has 0 radical (unpaired) electrons. The number of aliphatic imine (C=N–C) groups is 1. The van der Waals surface area contributed by atoms with Crippen LogP contribution in [0.5, 0.6) is 0 Å². The van der Waals surface area contributed by atoms with Gasteiger partial charge in [0.25, 0.3) is 0 Å². The van der Waals surface area contributed by atoms with Crippen LogP contribution in [0.4, 0.5) is 19.0 Å². The Morgan fingerprint density at radius 3 is 2.62 bits per heavy atom. The third kappa shape index (κ3) is 9.31. The van der Waals surface area contributed by atoms with Crippen LogP contribution < -0.4 is 16.0 Å². The number of anilines is 1. The third-order valence-electron chi connectivity index (χ3n) is 4.39. The van der Waals surface area contributed by atoms with Crippen LogP contribution in [-0.4, -0.2) is 74.9 Å². The second-order valence-corrected chi connectivity index (χ2v) is 6.71. The molecule has 0 bridgehead atoms. The molecule has 0 atom stereocenters. The number of alkyl halides is 3. The van der Waals surface area contributed by atoms with E-state index in [0.717, 1.165) is 77.0 Å². The lowest BCUT2D eigenvalue weighted by Gasteiger charge is -2.26. The minimum atomic E-state index is -4.36. The molecule has 0 unspecified atom stereocenters. The van der Waals surface area contributed by atoms with Gasteiger partial charge < -0.3 is 20.7 Å². The Hall–Kier alpha value is -2.07. The monoisotopic (exact) mass is 416 g/mol. The van der Waals surface area contributed by atoms with Crippen molar-refractivity contribution >= 4 is 11.8 Å². The number of nitrogens with one attached hydrogen (secondary N) is 3. The van der Waals surface area contributed by atoms with Crippen LogP contribution in [0.25, 0.3) is 0 Å². The molecule has 0 aliphatic carbocycles. The lowest BCUT2D eigenvalue weighted by molar-refractivity contribution is -0.137. The SMILES string of the molecule is CCNC(=NCCCNc1ccc(C(F)(F)F)cn1)NCCCN1CCOCC1. The highest BCUT2D eigenvalue weighted by Gasteiger charge is 2.30. The van der Waals surface area contributed by atoms with Gasteiger partial charge in [-0.05, 0) is 38.4 Å². The fraction of sp³-hybridized carbons (Fsp3) is 0.684. The molecule has 0 spiro atoms. The molecule has 0 saturated carbocycles. The molecule has 1 aliphatic rings. The van der Waals surface area contributed by atoms with Crippen molar-refractivity contribution < 1.29 is 17.9 Å². The lowest BCUT2D eigenvalue weighted by atomic mass is 10.3. The quantitative estimate of drug-likeness (QED) is 0.309. The summed E-state index contributed by atoms with van der Waals surface area (Å²) in [6, 6.07) is 2.36. The molecular formula is C19H31F3N6O.